The number of aliphatic hydroxyl groups is 1. The van der Waals surface area contributed by atoms with Crippen LogP contribution in [0.25, 0.3) is 0 Å². The highest BCUT2D eigenvalue weighted by molar-refractivity contribution is 5.74. The van der Waals surface area contributed by atoms with Crippen molar-refractivity contribution in [3.63, 3.8) is 0 Å². The number of carboxylic acid groups (broad SMARTS) is 1. The van der Waals surface area contributed by atoms with Crippen molar-refractivity contribution in [3.05, 3.63) is 0 Å². The minimum atomic E-state index is -0.869. The first-order valence-corrected chi connectivity index (χ1v) is 5.24. The summed E-state index contributed by atoms with van der Waals surface area (Å²) in [6.45, 7) is 3.53. The zero-order valence-electron chi connectivity index (χ0n) is 9.93. The predicted molar refractivity (Wildman–Crippen MR) is 59.1 cm³/mol. The highest BCUT2D eigenvalue weighted by Crippen LogP contribution is 2.00. The van der Waals surface area contributed by atoms with Crippen LogP contribution < -0.4 is 5.32 Å². The minimum absolute atomic E-state index is 0.102. The van der Waals surface area contributed by atoms with Crippen molar-refractivity contribution in [2.75, 3.05) is 20.2 Å². The van der Waals surface area contributed by atoms with Crippen molar-refractivity contribution in [1.29, 1.82) is 0 Å². The van der Waals surface area contributed by atoms with E-state index in [2.05, 4.69) is 5.32 Å². The van der Waals surface area contributed by atoms with E-state index < -0.39 is 11.9 Å². The summed E-state index contributed by atoms with van der Waals surface area (Å²) >= 11 is 0. The zero-order valence-corrected chi connectivity index (χ0v) is 9.93. The molecule has 0 aliphatic carbocycles. The van der Waals surface area contributed by atoms with Gasteiger partial charge >= 0.3 is 12.0 Å². The Labute approximate surface area is 95.2 Å². The molecule has 0 aliphatic rings. The number of aliphatic hydroxyl groups excluding tert-OH is 1. The van der Waals surface area contributed by atoms with Gasteiger partial charge in [-0.1, -0.05) is 6.92 Å². The molecule has 3 N–H and O–H groups in total. The van der Waals surface area contributed by atoms with E-state index in [1.807, 2.05) is 0 Å². The van der Waals surface area contributed by atoms with Crippen molar-refractivity contribution in [2.45, 2.75) is 26.3 Å². The van der Waals surface area contributed by atoms with Crippen LogP contribution in [0.1, 0.15) is 20.3 Å². The molecule has 0 rings (SSSR count). The van der Waals surface area contributed by atoms with Gasteiger partial charge in [-0.2, -0.15) is 0 Å². The maximum atomic E-state index is 11.5. The topological polar surface area (TPSA) is 89.9 Å². The van der Waals surface area contributed by atoms with Crippen molar-refractivity contribution in [3.8, 4) is 0 Å². The Morgan fingerprint density at radius 1 is 1.38 bits per heavy atom. The van der Waals surface area contributed by atoms with E-state index in [4.69, 9.17) is 10.2 Å². The highest BCUT2D eigenvalue weighted by atomic mass is 16.4. The number of likely N-dealkylation sites (N-methyl/N-ethyl adjacent to an activating group) is 1. The molecular formula is C10H20N2O4. The minimum Gasteiger partial charge on any atom is -0.481 e. The van der Waals surface area contributed by atoms with E-state index in [1.165, 1.54) is 4.90 Å². The Balaban J connectivity index is 3.85. The number of nitrogens with zero attached hydrogens (tertiary/aromatic N) is 1. The van der Waals surface area contributed by atoms with Gasteiger partial charge in [0.05, 0.1) is 18.6 Å². The molecule has 6 nitrogen and oxygen atoms in total. The fourth-order valence-electron chi connectivity index (χ4n) is 0.966. The van der Waals surface area contributed by atoms with Crippen molar-refractivity contribution in [2.24, 2.45) is 5.92 Å². The molecule has 2 unspecified atom stereocenters. The fraction of sp³-hybridized carbons (Fsp3) is 0.800. The van der Waals surface area contributed by atoms with Crippen LogP contribution in [0.3, 0.4) is 0 Å². The smallest absolute Gasteiger partial charge is 0.317 e. The molecule has 16 heavy (non-hydrogen) atoms. The molecule has 0 spiro atoms. The number of rotatable bonds is 6. The summed E-state index contributed by atoms with van der Waals surface area (Å²) in [6, 6.07) is -0.559. The first-order valence-electron chi connectivity index (χ1n) is 5.24. The van der Waals surface area contributed by atoms with Crippen LogP contribution in [-0.2, 0) is 4.79 Å². The Hall–Kier alpha value is -1.30. The molecule has 0 heterocycles. The highest BCUT2D eigenvalue weighted by Gasteiger charge is 2.15. The molecule has 0 aromatic rings. The zero-order chi connectivity index (χ0) is 12.7. The summed E-state index contributed by atoms with van der Waals surface area (Å²) in [5.41, 5.74) is 0. The second-order valence-electron chi connectivity index (χ2n) is 3.90. The predicted octanol–water partition coefficient (Wildman–Crippen LogP) is 0.119. The fourth-order valence-corrected chi connectivity index (χ4v) is 0.966. The largest absolute Gasteiger partial charge is 0.481 e. The lowest BCUT2D eigenvalue weighted by molar-refractivity contribution is -0.141. The van der Waals surface area contributed by atoms with Crippen LogP contribution in [-0.4, -0.2) is 53.4 Å². The van der Waals surface area contributed by atoms with Crippen LogP contribution in [0.2, 0.25) is 0 Å². The van der Waals surface area contributed by atoms with E-state index in [9.17, 15) is 9.59 Å². The van der Waals surface area contributed by atoms with Gasteiger partial charge in [-0.25, -0.2) is 4.79 Å². The summed E-state index contributed by atoms with van der Waals surface area (Å²) < 4.78 is 0. The van der Waals surface area contributed by atoms with Gasteiger partial charge in [-0.3, -0.25) is 4.79 Å². The molecule has 0 radical (unpaired) electrons. The van der Waals surface area contributed by atoms with Gasteiger partial charge in [0.1, 0.15) is 0 Å². The molecule has 0 aromatic heterocycles. The summed E-state index contributed by atoms with van der Waals surface area (Å²) in [4.78, 5) is 23.3. The quantitative estimate of drug-likeness (QED) is 0.606. The van der Waals surface area contributed by atoms with Crippen LogP contribution >= 0.6 is 0 Å². The lowest BCUT2D eigenvalue weighted by Gasteiger charge is -2.23. The normalized spacial score (nSPS) is 14.0. The number of aliphatic carboxylic acids is 1. The summed E-state index contributed by atoms with van der Waals surface area (Å²) in [6.07, 6.45) is 0.391. The molecule has 2 amide bonds. The third-order valence-electron chi connectivity index (χ3n) is 2.52. The number of amides is 2. The van der Waals surface area contributed by atoms with Gasteiger partial charge in [0.25, 0.3) is 0 Å². The molecule has 2 atom stereocenters. The van der Waals surface area contributed by atoms with Crippen LogP contribution in [0, 0.1) is 5.92 Å². The monoisotopic (exact) mass is 232 g/mol. The van der Waals surface area contributed by atoms with E-state index >= 15 is 0 Å². The van der Waals surface area contributed by atoms with Crippen LogP contribution in [0.5, 0.6) is 0 Å². The first-order chi connectivity index (χ1) is 7.40. The van der Waals surface area contributed by atoms with E-state index in [1.54, 1.807) is 20.9 Å². The third kappa shape index (κ3) is 4.97. The van der Waals surface area contributed by atoms with Crippen LogP contribution in [0.4, 0.5) is 4.79 Å². The standard InChI is InChI=1S/C10H20N2O4/c1-7(9(14)15)4-5-11-10(16)12(3)8(2)6-13/h7-8,13H,4-6H2,1-3H3,(H,11,16)(H,14,15). The molecule has 0 aliphatic heterocycles. The number of hydrogen-bond donors (Lipinski definition) is 3. The summed E-state index contributed by atoms with van der Waals surface area (Å²) in [5.74, 6) is -1.34. The number of carbonyl (C=O) groups is 2. The molecule has 94 valence electrons. The molecule has 0 saturated carbocycles. The second kappa shape index (κ2) is 7.05. The van der Waals surface area contributed by atoms with Gasteiger partial charge in [-0.15, -0.1) is 0 Å². The number of hydrogen-bond acceptors (Lipinski definition) is 3. The maximum absolute atomic E-state index is 11.5. The SMILES string of the molecule is CC(CCNC(=O)N(C)C(C)CO)C(=O)O. The maximum Gasteiger partial charge on any atom is 0.317 e. The molecule has 0 aromatic carbocycles. The van der Waals surface area contributed by atoms with Gasteiger partial charge in [0.2, 0.25) is 0 Å². The Kier molecular flexibility index (Phi) is 6.48. The van der Waals surface area contributed by atoms with E-state index in [0.29, 0.717) is 13.0 Å². The average molecular weight is 232 g/mol. The molecule has 0 fully saturated rings. The number of carbonyl (C=O) groups excluding carboxylic acids is 1. The Morgan fingerprint density at radius 2 is 1.94 bits per heavy atom. The number of carboxylic acids is 1. The lowest BCUT2D eigenvalue weighted by Crippen LogP contribution is -2.44. The molecule has 0 bridgehead atoms. The third-order valence-corrected chi connectivity index (χ3v) is 2.52. The van der Waals surface area contributed by atoms with E-state index in [0.717, 1.165) is 0 Å². The average Bonchev–Trinajstić information content (AvgIpc) is 2.26. The summed E-state index contributed by atoms with van der Waals surface area (Å²) in [7, 11) is 1.58. The molecular weight excluding hydrogens is 212 g/mol. The van der Waals surface area contributed by atoms with Crippen molar-refractivity contribution < 1.29 is 19.8 Å². The molecule has 6 heteroatoms. The van der Waals surface area contributed by atoms with Gasteiger partial charge < -0.3 is 20.4 Å². The lowest BCUT2D eigenvalue weighted by atomic mass is 10.1. The number of urea groups is 1. The Morgan fingerprint density at radius 3 is 2.38 bits per heavy atom. The van der Waals surface area contributed by atoms with Gasteiger partial charge in [0.15, 0.2) is 0 Å². The number of nitrogens with one attached hydrogen (secondary N) is 1. The second-order valence-corrected chi connectivity index (χ2v) is 3.90. The van der Waals surface area contributed by atoms with Crippen molar-refractivity contribution >= 4 is 12.0 Å². The van der Waals surface area contributed by atoms with E-state index in [-0.39, 0.29) is 18.7 Å². The Bertz CT molecular complexity index is 245. The van der Waals surface area contributed by atoms with Crippen molar-refractivity contribution in [1.82, 2.24) is 10.2 Å². The summed E-state index contributed by atoms with van der Waals surface area (Å²) in [5, 5.41) is 20.1. The van der Waals surface area contributed by atoms with Crippen LogP contribution in [0.15, 0.2) is 0 Å². The first kappa shape index (κ1) is 14.7. The van der Waals surface area contributed by atoms with Gasteiger partial charge in [0, 0.05) is 13.6 Å². The van der Waals surface area contributed by atoms with Gasteiger partial charge in [-0.05, 0) is 13.3 Å². The molecule has 0 saturated heterocycles.